The van der Waals surface area contributed by atoms with E-state index in [0.717, 1.165) is 11.6 Å². The zero-order valence-electron chi connectivity index (χ0n) is 10.1. The highest BCUT2D eigenvalue weighted by Gasteiger charge is 2.33. The second-order valence-corrected chi connectivity index (χ2v) is 4.19. The van der Waals surface area contributed by atoms with Crippen LogP contribution in [0.2, 0.25) is 0 Å². The molecule has 0 bridgehead atoms. The number of esters is 1. The molecule has 5 heteroatoms. The summed E-state index contributed by atoms with van der Waals surface area (Å²) >= 11 is 0. The Morgan fingerprint density at radius 1 is 1.44 bits per heavy atom. The SMILES string of the molecule is COC(=O)c1ccc(C)c(C2=CC(F)(F)CN2)c1. The van der Waals surface area contributed by atoms with Crippen molar-refractivity contribution in [2.75, 3.05) is 13.7 Å². The molecule has 1 N–H and O–H groups in total. The number of aryl methyl sites for hydroxylation is 1. The summed E-state index contributed by atoms with van der Waals surface area (Å²) in [4.78, 5) is 11.4. The van der Waals surface area contributed by atoms with Gasteiger partial charge in [-0.05, 0) is 24.6 Å². The van der Waals surface area contributed by atoms with E-state index in [1.165, 1.54) is 7.11 Å². The van der Waals surface area contributed by atoms with Gasteiger partial charge in [0.2, 0.25) is 0 Å². The van der Waals surface area contributed by atoms with Crippen LogP contribution in [0.5, 0.6) is 0 Å². The van der Waals surface area contributed by atoms with Crippen LogP contribution in [0.25, 0.3) is 5.70 Å². The number of methoxy groups -OCH3 is 1. The Labute approximate surface area is 103 Å². The van der Waals surface area contributed by atoms with Crippen molar-refractivity contribution in [1.29, 1.82) is 0 Å². The Morgan fingerprint density at radius 3 is 2.72 bits per heavy atom. The van der Waals surface area contributed by atoms with E-state index in [2.05, 4.69) is 10.1 Å². The van der Waals surface area contributed by atoms with Crippen molar-refractivity contribution in [1.82, 2.24) is 5.32 Å². The van der Waals surface area contributed by atoms with Crippen LogP contribution in [0.4, 0.5) is 8.78 Å². The number of nitrogens with one attached hydrogen (secondary N) is 1. The predicted molar refractivity (Wildman–Crippen MR) is 63.4 cm³/mol. The fourth-order valence-corrected chi connectivity index (χ4v) is 1.86. The topological polar surface area (TPSA) is 38.3 Å². The maximum absolute atomic E-state index is 13.1. The first kappa shape index (κ1) is 12.5. The summed E-state index contributed by atoms with van der Waals surface area (Å²) < 4.78 is 30.8. The van der Waals surface area contributed by atoms with E-state index in [-0.39, 0.29) is 0 Å². The van der Waals surface area contributed by atoms with Crippen LogP contribution < -0.4 is 5.32 Å². The standard InChI is InChI=1S/C13H13F2NO2/c1-8-3-4-9(12(17)18-2)5-10(8)11-6-13(14,15)7-16-11/h3-6,16H,7H2,1-2H3. The van der Waals surface area contributed by atoms with Gasteiger partial charge in [-0.15, -0.1) is 0 Å². The molecule has 0 spiro atoms. The average molecular weight is 253 g/mol. The van der Waals surface area contributed by atoms with Crippen molar-refractivity contribution < 1.29 is 18.3 Å². The van der Waals surface area contributed by atoms with Crippen molar-refractivity contribution in [3.05, 3.63) is 41.0 Å². The van der Waals surface area contributed by atoms with E-state index >= 15 is 0 Å². The Balaban J connectivity index is 2.42. The summed E-state index contributed by atoms with van der Waals surface area (Å²) in [6, 6.07) is 4.88. The maximum Gasteiger partial charge on any atom is 0.337 e. The number of rotatable bonds is 2. The summed E-state index contributed by atoms with van der Waals surface area (Å²) in [5.74, 6) is -3.33. The lowest BCUT2D eigenvalue weighted by atomic mass is 10.0. The van der Waals surface area contributed by atoms with Crippen LogP contribution in [0, 0.1) is 6.92 Å². The number of halogens is 2. The summed E-state index contributed by atoms with van der Waals surface area (Å²) in [6.45, 7) is 1.39. The molecule has 1 aromatic carbocycles. The van der Waals surface area contributed by atoms with Gasteiger partial charge in [-0.1, -0.05) is 6.07 Å². The van der Waals surface area contributed by atoms with Crippen molar-refractivity contribution in [2.45, 2.75) is 12.8 Å². The van der Waals surface area contributed by atoms with Gasteiger partial charge in [0, 0.05) is 17.3 Å². The van der Waals surface area contributed by atoms with E-state index in [4.69, 9.17) is 0 Å². The van der Waals surface area contributed by atoms with Crippen molar-refractivity contribution in [2.24, 2.45) is 0 Å². The molecule has 0 aromatic heterocycles. The number of alkyl halides is 2. The molecule has 0 fully saturated rings. The number of hydrogen-bond acceptors (Lipinski definition) is 3. The van der Waals surface area contributed by atoms with Gasteiger partial charge >= 0.3 is 5.97 Å². The smallest absolute Gasteiger partial charge is 0.337 e. The zero-order chi connectivity index (χ0) is 13.3. The lowest BCUT2D eigenvalue weighted by Crippen LogP contribution is -2.21. The maximum atomic E-state index is 13.1. The van der Waals surface area contributed by atoms with Crippen molar-refractivity contribution in [3.8, 4) is 0 Å². The van der Waals surface area contributed by atoms with E-state index in [1.54, 1.807) is 25.1 Å². The van der Waals surface area contributed by atoms with Crippen LogP contribution in [-0.4, -0.2) is 25.5 Å². The first-order valence-corrected chi connectivity index (χ1v) is 5.47. The second-order valence-electron chi connectivity index (χ2n) is 4.19. The molecule has 96 valence electrons. The van der Waals surface area contributed by atoms with Crippen LogP contribution in [-0.2, 0) is 4.74 Å². The van der Waals surface area contributed by atoms with Gasteiger partial charge in [0.25, 0.3) is 5.92 Å². The number of carbonyl (C=O) groups is 1. The molecule has 0 saturated heterocycles. The molecule has 0 aliphatic carbocycles. The summed E-state index contributed by atoms with van der Waals surface area (Å²) in [6.07, 6.45) is 0.885. The molecular formula is C13H13F2NO2. The molecular weight excluding hydrogens is 240 g/mol. The largest absolute Gasteiger partial charge is 0.465 e. The molecule has 0 saturated carbocycles. The molecule has 1 aliphatic rings. The third kappa shape index (κ3) is 2.34. The normalized spacial score (nSPS) is 17.0. The first-order valence-electron chi connectivity index (χ1n) is 5.47. The lowest BCUT2D eigenvalue weighted by Gasteiger charge is -2.09. The van der Waals surface area contributed by atoms with Gasteiger partial charge in [-0.2, -0.15) is 8.78 Å². The van der Waals surface area contributed by atoms with Crippen LogP contribution >= 0.6 is 0 Å². The quantitative estimate of drug-likeness (QED) is 0.822. The number of benzene rings is 1. The van der Waals surface area contributed by atoms with E-state index in [0.29, 0.717) is 16.8 Å². The van der Waals surface area contributed by atoms with Gasteiger partial charge in [-0.25, -0.2) is 4.79 Å². The Morgan fingerprint density at radius 2 is 2.17 bits per heavy atom. The summed E-state index contributed by atoms with van der Waals surface area (Å²) in [5.41, 5.74) is 2.11. The van der Waals surface area contributed by atoms with Gasteiger partial charge in [0.1, 0.15) is 0 Å². The Hall–Kier alpha value is -1.91. The van der Waals surface area contributed by atoms with Gasteiger partial charge < -0.3 is 10.1 Å². The molecule has 0 unspecified atom stereocenters. The summed E-state index contributed by atoms with van der Waals surface area (Å²) in [7, 11) is 1.28. The molecule has 0 radical (unpaired) electrons. The van der Waals surface area contributed by atoms with Gasteiger partial charge in [0.05, 0.1) is 19.2 Å². The molecule has 0 amide bonds. The predicted octanol–water partition coefficient (Wildman–Crippen LogP) is 2.36. The van der Waals surface area contributed by atoms with Crippen molar-refractivity contribution >= 4 is 11.7 Å². The fraction of sp³-hybridized carbons (Fsp3) is 0.308. The monoisotopic (exact) mass is 253 g/mol. The zero-order valence-corrected chi connectivity index (χ0v) is 10.1. The molecule has 1 heterocycles. The molecule has 3 nitrogen and oxygen atoms in total. The van der Waals surface area contributed by atoms with Crippen LogP contribution in [0.15, 0.2) is 24.3 Å². The minimum Gasteiger partial charge on any atom is -0.465 e. The van der Waals surface area contributed by atoms with E-state index in [1.807, 2.05) is 0 Å². The van der Waals surface area contributed by atoms with Gasteiger partial charge in [-0.3, -0.25) is 0 Å². The first-order chi connectivity index (χ1) is 8.43. The highest BCUT2D eigenvalue weighted by atomic mass is 19.3. The minimum absolute atomic E-state index is 0.344. The molecule has 1 aliphatic heterocycles. The minimum atomic E-state index is -2.84. The van der Waals surface area contributed by atoms with E-state index in [9.17, 15) is 13.6 Å². The van der Waals surface area contributed by atoms with Gasteiger partial charge in [0.15, 0.2) is 0 Å². The fourth-order valence-electron chi connectivity index (χ4n) is 1.86. The second kappa shape index (κ2) is 4.40. The number of hydrogen-bond donors (Lipinski definition) is 1. The molecule has 1 aromatic rings. The molecule has 0 atom stereocenters. The Kier molecular flexibility index (Phi) is 3.07. The third-order valence-corrected chi connectivity index (χ3v) is 2.82. The Bertz CT molecular complexity index is 524. The third-order valence-electron chi connectivity index (χ3n) is 2.82. The van der Waals surface area contributed by atoms with Crippen LogP contribution in [0.1, 0.15) is 21.5 Å². The number of ether oxygens (including phenoxy) is 1. The number of carbonyl (C=O) groups excluding carboxylic acids is 1. The van der Waals surface area contributed by atoms with Crippen molar-refractivity contribution in [3.63, 3.8) is 0 Å². The average Bonchev–Trinajstić information content (AvgIpc) is 2.69. The van der Waals surface area contributed by atoms with Crippen LogP contribution in [0.3, 0.4) is 0 Å². The molecule has 2 rings (SSSR count). The van der Waals surface area contributed by atoms with E-state index < -0.39 is 18.4 Å². The summed E-state index contributed by atoms with van der Waals surface area (Å²) in [5, 5.41) is 2.65. The highest BCUT2D eigenvalue weighted by Crippen LogP contribution is 2.29. The highest BCUT2D eigenvalue weighted by molar-refractivity contribution is 5.90. The molecule has 18 heavy (non-hydrogen) atoms. The lowest BCUT2D eigenvalue weighted by molar-refractivity contribution is 0.0600.